The zero-order valence-corrected chi connectivity index (χ0v) is 10.7. The van der Waals surface area contributed by atoms with Crippen LogP contribution in [0.2, 0.25) is 0 Å². The van der Waals surface area contributed by atoms with Gasteiger partial charge < -0.3 is 0 Å². The minimum Gasteiger partial charge on any atom is -0.282 e. The summed E-state index contributed by atoms with van der Waals surface area (Å²) >= 11 is 0. The Hall–Kier alpha value is -2.51. The van der Waals surface area contributed by atoms with Gasteiger partial charge in [-0.05, 0) is 19.9 Å². The van der Waals surface area contributed by atoms with Crippen molar-refractivity contribution in [1.82, 2.24) is 25.4 Å². The lowest BCUT2D eigenvalue weighted by molar-refractivity contribution is 0.0950. The number of carbonyl (C=O) groups excluding carboxylic acids is 1. The first-order valence-electron chi connectivity index (χ1n) is 5.53. The molecule has 1 amide bonds. The summed E-state index contributed by atoms with van der Waals surface area (Å²) in [6.07, 6.45) is 1.22. The summed E-state index contributed by atoms with van der Waals surface area (Å²) in [5.74, 6) is -0.978. The first kappa shape index (κ1) is 12.9. The Balaban J connectivity index is 2.06. The van der Waals surface area contributed by atoms with Crippen LogP contribution in [0, 0.1) is 19.8 Å². The molecule has 19 heavy (non-hydrogen) atoms. The molecule has 0 unspecified atom stereocenters. The van der Waals surface area contributed by atoms with E-state index in [1.54, 1.807) is 19.9 Å². The van der Waals surface area contributed by atoms with Gasteiger partial charge >= 0.3 is 0 Å². The molecule has 0 radical (unpaired) electrons. The molecule has 0 aliphatic heterocycles. The third-order valence-corrected chi connectivity index (χ3v) is 2.49. The molecule has 2 heterocycles. The number of aromatic amines is 1. The molecule has 8 heteroatoms. The average molecular weight is 264 g/mol. The Morgan fingerprint density at radius 1 is 1.58 bits per heavy atom. The number of aromatic nitrogens is 4. The Bertz CT molecular complexity index is 642. The van der Waals surface area contributed by atoms with Crippen LogP contribution >= 0.6 is 0 Å². The number of aryl methyl sites for hydroxylation is 3. The fourth-order valence-corrected chi connectivity index (χ4v) is 1.54. The number of nitrogens with zero attached hydrogens (tertiary/aromatic N) is 4. The lowest BCUT2D eigenvalue weighted by Crippen LogP contribution is -2.18. The minimum absolute atomic E-state index is 0.220. The predicted molar refractivity (Wildman–Crippen MR) is 66.3 cm³/mol. The van der Waals surface area contributed by atoms with Crippen LogP contribution in [0.5, 0.6) is 0 Å². The highest BCUT2D eigenvalue weighted by Crippen LogP contribution is 2.07. The molecule has 2 rings (SSSR count). The maximum absolute atomic E-state index is 13.6. The lowest BCUT2D eigenvalue weighted by atomic mass is 10.3. The van der Waals surface area contributed by atoms with Crippen molar-refractivity contribution in [3.63, 3.8) is 0 Å². The number of hydrogen-bond acceptors (Lipinski definition) is 4. The highest BCUT2D eigenvalue weighted by Gasteiger charge is 2.11. The summed E-state index contributed by atoms with van der Waals surface area (Å²) < 4.78 is 14.7. The van der Waals surface area contributed by atoms with E-state index in [0.717, 1.165) is 10.4 Å². The molecule has 0 aromatic carbocycles. The quantitative estimate of drug-likeness (QED) is 0.630. The van der Waals surface area contributed by atoms with Crippen molar-refractivity contribution in [2.75, 3.05) is 0 Å². The van der Waals surface area contributed by atoms with Crippen molar-refractivity contribution >= 4 is 12.1 Å². The van der Waals surface area contributed by atoms with Gasteiger partial charge in [0.15, 0.2) is 5.69 Å². The lowest BCUT2D eigenvalue weighted by Gasteiger charge is -1.94. The third kappa shape index (κ3) is 2.67. The van der Waals surface area contributed by atoms with E-state index in [9.17, 15) is 9.18 Å². The minimum atomic E-state index is -0.508. The molecule has 0 fully saturated rings. The van der Waals surface area contributed by atoms with E-state index >= 15 is 0 Å². The summed E-state index contributed by atoms with van der Waals surface area (Å²) in [5.41, 5.74) is 3.99. The van der Waals surface area contributed by atoms with Crippen molar-refractivity contribution in [2.24, 2.45) is 12.1 Å². The van der Waals surface area contributed by atoms with Crippen molar-refractivity contribution in [2.45, 2.75) is 13.8 Å². The van der Waals surface area contributed by atoms with E-state index in [-0.39, 0.29) is 11.3 Å². The van der Waals surface area contributed by atoms with Gasteiger partial charge in [0, 0.05) is 12.7 Å². The van der Waals surface area contributed by atoms with Gasteiger partial charge in [0.25, 0.3) is 5.91 Å². The first-order chi connectivity index (χ1) is 8.99. The summed E-state index contributed by atoms with van der Waals surface area (Å²) in [4.78, 5) is 11.6. The monoisotopic (exact) mass is 264 g/mol. The normalized spacial score (nSPS) is 11.2. The largest absolute Gasteiger partial charge is 0.291 e. The molecule has 2 N–H and O–H groups in total. The number of hydrogen-bond donors (Lipinski definition) is 2. The fourth-order valence-electron chi connectivity index (χ4n) is 1.54. The summed E-state index contributed by atoms with van der Waals surface area (Å²) in [6.45, 7) is 3.44. The molecule has 0 saturated carbocycles. The van der Waals surface area contributed by atoms with E-state index in [1.165, 1.54) is 13.3 Å². The van der Waals surface area contributed by atoms with E-state index in [1.807, 2.05) is 0 Å². The van der Waals surface area contributed by atoms with Crippen LogP contribution in [0.1, 0.15) is 27.4 Å². The number of halogens is 1. The number of amides is 1. The zero-order valence-electron chi connectivity index (χ0n) is 10.7. The predicted octanol–water partition coefficient (Wildman–Crippen LogP) is 0.663. The average Bonchev–Trinajstić information content (AvgIpc) is 2.88. The van der Waals surface area contributed by atoms with Crippen LogP contribution in [-0.4, -0.2) is 32.1 Å². The number of H-pyrrole nitrogens is 1. The summed E-state index contributed by atoms with van der Waals surface area (Å²) in [7, 11) is 1.49. The first-order valence-corrected chi connectivity index (χ1v) is 5.53. The smallest absolute Gasteiger partial charge is 0.282 e. The molecule has 0 saturated heterocycles. The highest BCUT2D eigenvalue weighted by atomic mass is 19.1. The van der Waals surface area contributed by atoms with Crippen molar-refractivity contribution in [3.8, 4) is 0 Å². The number of rotatable bonds is 3. The molecule has 0 atom stereocenters. The Morgan fingerprint density at radius 2 is 2.32 bits per heavy atom. The van der Waals surface area contributed by atoms with Crippen LogP contribution in [0.15, 0.2) is 11.2 Å². The second kappa shape index (κ2) is 5.01. The molecule has 100 valence electrons. The van der Waals surface area contributed by atoms with E-state index in [4.69, 9.17) is 0 Å². The summed E-state index contributed by atoms with van der Waals surface area (Å²) in [6, 6.07) is 1.58. The third-order valence-electron chi connectivity index (χ3n) is 2.49. The Kier molecular flexibility index (Phi) is 3.41. The standard InChI is InChI=1S/C11H13FN6O/c1-6-4-9(15-14-6)11(19)16-13-5-8-7(2)17-18(3)10(8)12/h4-5H,1-3H3,(H,14,15)(H,16,19)/b13-5-. The molecular weight excluding hydrogens is 251 g/mol. The second-order valence-corrected chi connectivity index (χ2v) is 4.05. The second-order valence-electron chi connectivity index (χ2n) is 4.05. The fraction of sp³-hybridized carbons (Fsp3) is 0.273. The van der Waals surface area contributed by atoms with Gasteiger partial charge in [0.05, 0.1) is 17.5 Å². The van der Waals surface area contributed by atoms with E-state index in [0.29, 0.717) is 5.69 Å². The summed E-state index contributed by atoms with van der Waals surface area (Å²) in [5, 5.41) is 14.0. The van der Waals surface area contributed by atoms with Crippen LogP contribution in [-0.2, 0) is 7.05 Å². The van der Waals surface area contributed by atoms with Crippen LogP contribution in [0.4, 0.5) is 4.39 Å². The van der Waals surface area contributed by atoms with Gasteiger partial charge in [0.2, 0.25) is 5.95 Å². The maximum Gasteiger partial charge on any atom is 0.291 e. The number of hydrazone groups is 1. The molecule has 0 spiro atoms. The van der Waals surface area contributed by atoms with Gasteiger partial charge in [0.1, 0.15) is 0 Å². The van der Waals surface area contributed by atoms with Gasteiger partial charge in [-0.15, -0.1) is 0 Å². The van der Waals surface area contributed by atoms with Gasteiger partial charge in [-0.3, -0.25) is 9.89 Å². The molecule has 0 aliphatic carbocycles. The topological polar surface area (TPSA) is 88.0 Å². The molecule has 0 aliphatic rings. The van der Waals surface area contributed by atoms with Crippen molar-refractivity contribution in [3.05, 3.63) is 34.7 Å². The van der Waals surface area contributed by atoms with E-state index < -0.39 is 11.9 Å². The van der Waals surface area contributed by atoms with Crippen molar-refractivity contribution in [1.29, 1.82) is 0 Å². The van der Waals surface area contributed by atoms with Crippen LogP contribution in [0.3, 0.4) is 0 Å². The Labute approximate surface area is 108 Å². The molecular formula is C11H13FN6O. The van der Waals surface area contributed by atoms with Gasteiger partial charge in [-0.25, -0.2) is 10.1 Å². The van der Waals surface area contributed by atoms with Crippen molar-refractivity contribution < 1.29 is 9.18 Å². The molecule has 2 aromatic heterocycles. The number of carbonyl (C=O) groups is 1. The Morgan fingerprint density at radius 3 is 2.84 bits per heavy atom. The van der Waals surface area contributed by atoms with E-state index in [2.05, 4.69) is 25.8 Å². The molecule has 0 bridgehead atoms. The van der Waals surface area contributed by atoms with Gasteiger partial charge in [-0.2, -0.15) is 19.7 Å². The molecule has 7 nitrogen and oxygen atoms in total. The van der Waals surface area contributed by atoms with Crippen LogP contribution in [0.25, 0.3) is 0 Å². The number of nitrogens with one attached hydrogen (secondary N) is 2. The molecule has 2 aromatic rings. The van der Waals surface area contributed by atoms with Crippen LogP contribution < -0.4 is 5.43 Å². The SMILES string of the molecule is Cc1cc(C(=O)N/N=C\c2c(C)nn(C)c2F)n[nH]1. The highest BCUT2D eigenvalue weighted by molar-refractivity contribution is 5.93. The zero-order chi connectivity index (χ0) is 14.0. The van der Waals surface area contributed by atoms with Gasteiger partial charge in [-0.1, -0.05) is 0 Å². The maximum atomic E-state index is 13.6.